The number of rotatable bonds is 37. The maximum atomic E-state index is 12.4. The minimum atomic E-state index is -1.10. The van der Waals surface area contributed by atoms with Crippen LogP contribution in [0.25, 0.3) is 0 Å². The fourth-order valence-electron chi connectivity index (χ4n) is 6.16. The molecule has 48 heavy (non-hydrogen) atoms. The van der Waals surface area contributed by atoms with E-state index in [1.165, 1.54) is 141 Å². The summed E-state index contributed by atoms with van der Waals surface area (Å²) in [5, 5.41) is 33.0. The van der Waals surface area contributed by atoms with Crippen molar-refractivity contribution < 1.29 is 20.1 Å². The summed E-state index contributed by atoms with van der Waals surface area (Å²) in [6, 6.07) is -0.817. The molecular weight excluding hydrogens is 594 g/mol. The third-order valence-corrected chi connectivity index (χ3v) is 9.46. The van der Waals surface area contributed by atoms with Crippen molar-refractivity contribution in [2.45, 2.75) is 225 Å². The maximum Gasteiger partial charge on any atom is 0.249 e. The van der Waals surface area contributed by atoms with Crippen LogP contribution in [-0.2, 0) is 4.79 Å². The summed E-state index contributed by atoms with van der Waals surface area (Å²) in [7, 11) is 0. The van der Waals surface area contributed by atoms with Crippen LogP contribution in [0.3, 0.4) is 0 Å². The van der Waals surface area contributed by atoms with Crippen molar-refractivity contribution in [1.29, 1.82) is 0 Å². The Morgan fingerprint density at radius 2 is 0.854 bits per heavy atom. The summed E-state index contributed by atoms with van der Waals surface area (Å²) >= 11 is 0. The number of allylic oxidation sites excluding steroid dienone is 5. The fourth-order valence-corrected chi connectivity index (χ4v) is 6.16. The molecule has 0 aromatic rings. The van der Waals surface area contributed by atoms with Crippen molar-refractivity contribution in [3.05, 3.63) is 36.5 Å². The Labute approximate surface area is 298 Å². The number of amides is 1. The fraction of sp³-hybridized carbons (Fsp3) is 0.837. The zero-order valence-electron chi connectivity index (χ0n) is 31.9. The molecule has 0 aromatic heterocycles. The quantitative estimate of drug-likeness (QED) is 0.0390. The van der Waals surface area contributed by atoms with Crippen molar-refractivity contribution in [3.63, 3.8) is 0 Å². The van der Waals surface area contributed by atoms with Gasteiger partial charge in [-0.1, -0.05) is 198 Å². The predicted molar refractivity (Wildman–Crippen MR) is 208 cm³/mol. The standard InChI is InChI=1S/C43H81NO4/c1-3-5-7-9-11-13-15-17-18-19-20-21-22-23-24-26-27-29-31-33-35-37-41(46)40(39-45)44-43(48)42(47)38-36-34-32-30-28-25-16-14-12-10-8-6-4-2/h22-23,27,29,35,37,40-42,45-47H,3-21,24-26,28,30-34,36,38-39H2,1-2H3,(H,44,48)/b23-22+,29-27+,37-35+. The Kier molecular flexibility index (Phi) is 37.2. The lowest BCUT2D eigenvalue weighted by molar-refractivity contribution is -0.131. The number of carbonyl (C=O) groups is 1. The molecule has 0 aliphatic heterocycles. The number of hydrogen-bond acceptors (Lipinski definition) is 4. The zero-order chi connectivity index (χ0) is 35.2. The van der Waals surface area contributed by atoms with Gasteiger partial charge < -0.3 is 20.6 Å². The number of unbranched alkanes of at least 4 members (excludes halogenated alkanes) is 25. The van der Waals surface area contributed by atoms with Crippen molar-refractivity contribution in [1.82, 2.24) is 5.32 Å². The molecule has 5 nitrogen and oxygen atoms in total. The molecule has 4 N–H and O–H groups in total. The van der Waals surface area contributed by atoms with Gasteiger partial charge in [0.25, 0.3) is 0 Å². The zero-order valence-corrected chi connectivity index (χ0v) is 31.9. The van der Waals surface area contributed by atoms with E-state index >= 15 is 0 Å². The average molecular weight is 676 g/mol. The molecule has 0 saturated carbocycles. The summed E-state index contributed by atoms with van der Waals surface area (Å²) in [6.45, 7) is 4.16. The van der Waals surface area contributed by atoms with Gasteiger partial charge in [-0.25, -0.2) is 0 Å². The van der Waals surface area contributed by atoms with E-state index in [1.807, 2.05) is 6.08 Å². The van der Waals surface area contributed by atoms with Crippen LogP contribution in [0.1, 0.15) is 206 Å². The Hall–Kier alpha value is -1.43. The molecule has 3 atom stereocenters. The number of hydrogen-bond donors (Lipinski definition) is 4. The molecule has 0 rings (SSSR count). The van der Waals surface area contributed by atoms with Crippen LogP contribution < -0.4 is 5.32 Å². The summed E-state index contributed by atoms with van der Waals surface area (Å²) in [5.41, 5.74) is 0. The monoisotopic (exact) mass is 676 g/mol. The predicted octanol–water partition coefficient (Wildman–Crippen LogP) is 11.6. The summed E-state index contributed by atoms with van der Waals surface area (Å²) < 4.78 is 0. The van der Waals surface area contributed by atoms with Gasteiger partial charge in [0.15, 0.2) is 0 Å². The molecule has 3 unspecified atom stereocenters. The van der Waals surface area contributed by atoms with Crippen LogP contribution in [0.5, 0.6) is 0 Å². The average Bonchev–Trinajstić information content (AvgIpc) is 3.09. The molecule has 0 heterocycles. The molecule has 0 saturated heterocycles. The van der Waals surface area contributed by atoms with Gasteiger partial charge in [-0.3, -0.25) is 4.79 Å². The van der Waals surface area contributed by atoms with E-state index in [2.05, 4.69) is 43.5 Å². The molecular formula is C43H81NO4. The molecule has 0 aliphatic carbocycles. The summed E-state index contributed by atoms with van der Waals surface area (Å²) in [6.07, 6.45) is 47.4. The molecule has 0 radical (unpaired) electrons. The number of aliphatic hydroxyl groups is 3. The van der Waals surface area contributed by atoms with Gasteiger partial charge in [0, 0.05) is 0 Å². The Balaban J connectivity index is 3.76. The van der Waals surface area contributed by atoms with Crippen LogP contribution >= 0.6 is 0 Å². The van der Waals surface area contributed by atoms with Crippen LogP contribution in [-0.4, -0.2) is 46.1 Å². The summed E-state index contributed by atoms with van der Waals surface area (Å²) in [4.78, 5) is 12.4. The lowest BCUT2D eigenvalue weighted by Crippen LogP contribution is -2.48. The second-order valence-electron chi connectivity index (χ2n) is 14.2. The van der Waals surface area contributed by atoms with Gasteiger partial charge in [-0.2, -0.15) is 0 Å². The Bertz CT molecular complexity index is 749. The van der Waals surface area contributed by atoms with E-state index in [9.17, 15) is 20.1 Å². The van der Waals surface area contributed by atoms with Gasteiger partial charge in [-0.15, -0.1) is 0 Å². The van der Waals surface area contributed by atoms with Crippen LogP contribution in [0, 0.1) is 0 Å². The minimum Gasteiger partial charge on any atom is -0.394 e. The van der Waals surface area contributed by atoms with Crippen LogP contribution in [0.4, 0.5) is 0 Å². The Morgan fingerprint density at radius 3 is 1.27 bits per heavy atom. The van der Waals surface area contributed by atoms with E-state index in [0.717, 1.165) is 44.9 Å². The largest absolute Gasteiger partial charge is 0.394 e. The molecule has 0 aromatic carbocycles. The molecule has 1 amide bonds. The number of aliphatic hydroxyl groups excluding tert-OH is 3. The van der Waals surface area contributed by atoms with Crippen molar-refractivity contribution in [3.8, 4) is 0 Å². The molecule has 0 spiro atoms. The third kappa shape index (κ3) is 33.1. The smallest absolute Gasteiger partial charge is 0.249 e. The molecule has 0 aliphatic rings. The van der Waals surface area contributed by atoms with Crippen molar-refractivity contribution in [2.24, 2.45) is 0 Å². The minimum absolute atomic E-state index is 0.380. The van der Waals surface area contributed by atoms with E-state index in [4.69, 9.17) is 0 Å². The first-order chi connectivity index (χ1) is 23.6. The lowest BCUT2D eigenvalue weighted by atomic mass is 10.0. The number of carbonyl (C=O) groups excluding carboxylic acids is 1. The normalized spacial score (nSPS) is 14.0. The molecule has 5 heteroatoms. The first kappa shape index (κ1) is 46.6. The highest BCUT2D eigenvalue weighted by atomic mass is 16.3. The van der Waals surface area contributed by atoms with Crippen LogP contribution in [0.2, 0.25) is 0 Å². The van der Waals surface area contributed by atoms with E-state index < -0.39 is 24.2 Å². The topological polar surface area (TPSA) is 89.8 Å². The second-order valence-corrected chi connectivity index (χ2v) is 14.2. The first-order valence-corrected chi connectivity index (χ1v) is 20.8. The van der Waals surface area contributed by atoms with Crippen molar-refractivity contribution in [2.75, 3.05) is 6.61 Å². The third-order valence-electron chi connectivity index (χ3n) is 9.46. The van der Waals surface area contributed by atoms with Crippen LogP contribution in [0.15, 0.2) is 36.5 Å². The van der Waals surface area contributed by atoms with Crippen molar-refractivity contribution >= 4 is 5.91 Å². The van der Waals surface area contributed by atoms with E-state index in [-0.39, 0.29) is 6.61 Å². The summed E-state index contributed by atoms with van der Waals surface area (Å²) in [5.74, 6) is -0.517. The molecule has 282 valence electrons. The van der Waals surface area contributed by atoms with E-state index in [1.54, 1.807) is 6.08 Å². The SMILES string of the molecule is CCCCCCCCCCCCC/C=C/CC/C=C/CC/C=C/C(O)C(CO)NC(=O)C(O)CCCCCCCCCCCCCCC. The lowest BCUT2D eigenvalue weighted by Gasteiger charge is -2.21. The van der Waals surface area contributed by atoms with Gasteiger partial charge in [0.1, 0.15) is 6.10 Å². The Morgan fingerprint density at radius 1 is 0.500 bits per heavy atom. The second kappa shape index (κ2) is 38.4. The highest BCUT2D eigenvalue weighted by molar-refractivity contribution is 5.80. The van der Waals surface area contributed by atoms with Gasteiger partial charge in [0.05, 0.1) is 18.8 Å². The molecule has 0 fully saturated rings. The number of nitrogens with one attached hydrogen (secondary N) is 1. The first-order valence-electron chi connectivity index (χ1n) is 20.8. The van der Waals surface area contributed by atoms with Gasteiger partial charge >= 0.3 is 0 Å². The maximum absolute atomic E-state index is 12.4. The van der Waals surface area contributed by atoms with Gasteiger partial charge in [-0.05, 0) is 44.9 Å². The van der Waals surface area contributed by atoms with E-state index in [0.29, 0.717) is 6.42 Å². The highest BCUT2D eigenvalue weighted by Gasteiger charge is 2.22. The van der Waals surface area contributed by atoms with Gasteiger partial charge in [0.2, 0.25) is 5.91 Å². The molecule has 0 bridgehead atoms. The highest BCUT2D eigenvalue weighted by Crippen LogP contribution is 2.14.